The molecule has 4 nitrogen and oxygen atoms in total. The highest BCUT2D eigenvalue weighted by molar-refractivity contribution is 7.38. The average molecular weight is 369 g/mol. The summed E-state index contributed by atoms with van der Waals surface area (Å²) in [6.45, 7) is 14.1. The van der Waals surface area contributed by atoms with Crippen molar-refractivity contribution in [2.24, 2.45) is 5.10 Å². The standard InChI is InChI=1S/C17H26FN3OP2/c1-12(9-20-13(2)10-22-11-14(20)3)21(19-4)16-7-5-6-15(8-16)17(18,23)24/h5-8,13-14H,1,4,9-11,23-24H2,2-3H3. The summed E-state index contributed by atoms with van der Waals surface area (Å²) in [7, 11) is 4.35. The molecule has 0 radical (unpaired) electrons. The monoisotopic (exact) mass is 369 g/mol. The molecule has 24 heavy (non-hydrogen) atoms. The van der Waals surface area contributed by atoms with Crippen LogP contribution in [0.3, 0.4) is 0 Å². The summed E-state index contributed by atoms with van der Waals surface area (Å²) in [6, 6.07) is 7.78. The number of morpholine rings is 1. The lowest BCUT2D eigenvalue weighted by Gasteiger charge is -2.40. The highest BCUT2D eigenvalue weighted by Crippen LogP contribution is 2.41. The molecule has 2 rings (SSSR count). The molecule has 4 unspecified atom stereocenters. The van der Waals surface area contributed by atoms with Gasteiger partial charge in [0.2, 0.25) is 0 Å². The smallest absolute Gasteiger partial charge is 0.160 e. The molecular formula is C17H26FN3OP2. The van der Waals surface area contributed by atoms with E-state index in [0.29, 0.717) is 37.4 Å². The van der Waals surface area contributed by atoms with Crippen molar-refractivity contribution in [3.8, 4) is 0 Å². The van der Waals surface area contributed by atoms with Crippen LogP contribution in [0.25, 0.3) is 0 Å². The van der Waals surface area contributed by atoms with Crippen LogP contribution in [0, 0.1) is 0 Å². The van der Waals surface area contributed by atoms with Crippen molar-refractivity contribution in [3.05, 3.63) is 42.1 Å². The Balaban J connectivity index is 2.19. The number of ether oxygens (including phenoxy) is 1. The minimum absolute atomic E-state index is 0.307. The molecule has 0 aliphatic carbocycles. The number of alkyl halides is 1. The largest absolute Gasteiger partial charge is 0.378 e. The van der Waals surface area contributed by atoms with Gasteiger partial charge >= 0.3 is 0 Å². The van der Waals surface area contributed by atoms with Crippen molar-refractivity contribution in [1.82, 2.24) is 4.90 Å². The van der Waals surface area contributed by atoms with Gasteiger partial charge in [0, 0.05) is 31.0 Å². The van der Waals surface area contributed by atoms with Gasteiger partial charge in [0.1, 0.15) is 0 Å². The fraction of sp³-hybridized carbons (Fsp3) is 0.471. The molecule has 0 saturated carbocycles. The molecule has 1 aliphatic heterocycles. The summed E-state index contributed by atoms with van der Waals surface area (Å²) in [4.78, 5) is 2.33. The number of anilines is 1. The molecule has 1 fully saturated rings. The Kier molecular flexibility index (Phi) is 6.50. The molecule has 4 atom stereocenters. The lowest BCUT2D eigenvalue weighted by atomic mass is 10.1. The third-order valence-corrected chi connectivity index (χ3v) is 4.86. The molecule has 0 spiro atoms. The fourth-order valence-electron chi connectivity index (χ4n) is 2.86. The van der Waals surface area contributed by atoms with Crippen molar-refractivity contribution < 1.29 is 9.13 Å². The second kappa shape index (κ2) is 8.01. The average Bonchev–Trinajstić information content (AvgIpc) is 2.51. The predicted molar refractivity (Wildman–Crippen MR) is 106 cm³/mol. The number of halogens is 1. The molecule has 1 saturated heterocycles. The summed E-state index contributed by atoms with van der Waals surface area (Å²) in [5, 5.41) is 4.18. The maximum atomic E-state index is 14.2. The first kappa shape index (κ1) is 19.5. The fourth-order valence-corrected chi connectivity index (χ4v) is 3.22. The van der Waals surface area contributed by atoms with Gasteiger partial charge < -0.3 is 4.74 Å². The van der Waals surface area contributed by atoms with Crippen LogP contribution < -0.4 is 5.01 Å². The van der Waals surface area contributed by atoms with Gasteiger partial charge in [0.05, 0.1) is 18.9 Å². The summed E-state index contributed by atoms with van der Waals surface area (Å²) in [5.74, 6) is 0. The SMILES string of the molecule is C=NN(C(=C)CN1C(C)COCC1C)c1cccc(C(F)(P)P)c1. The van der Waals surface area contributed by atoms with Gasteiger partial charge in [-0.15, -0.1) is 0 Å². The zero-order valence-corrected chi connectivity index (χ0v) is 16.6. The first-order chi connectivity index (χ1) is 11.2. The Morgan fingerprint density at radius 3 is 2.58 bits per heavy atom. The third-order valence-electron chi connectivity index (χ3n) is 4.19. The van der Waals surface area contributed by atoms with Crippen LogP contribution in [0.15, 0.2) is 41.6 Å². The summed E-state index contributed by atoms with van der Waals surface area (Å²) < 4.78 is 19.7. The van der Waals surface area contributed by atoms with Crippen molar-refractivity contribution >= 4 is 30.9 Å². The van der Waals surface area contributed by atoms with Crippen LogP contribution in [0.4, 0.5) is 10.1 Å². The summed E-state index contributed by atoms with van der Waals surface area (Å²) >= 11 is 0. The molecule has 1 aromatic carbocycles. The van der Waals surface area contributed by atoms with Crippen molar-refractivity contribution in [3.63, 3.8) is 0 Å². The number of hydrogen-bond acceptors (Lipinski definition) is 4. The van der Waals surface area contributed by atoms with E-state index in [4.69, 9.17) is 4.74 Å². The van der Waals surface area contributed by atoms with Crippen LogP contribution >= 0.6 is 18.5 Å². The van der Waals surface area contributed by atoms with Crippen molar-refractivity contribution in [2.45, 2.75) is 31.1 Å². The maximum absolute atomic E-state index is 14.2. The number of nitrogens with zero attached hydrogens (tertiary/aromatic N) is 3. The van der Waals surface area contributed by atoms with E-state index in [2.05, 4.69) is 55.6 Å². The van der Waals surface area contributed by atoms with Gasteiger partial charge in [-0.1, -0.05) is 37.2 Å². The Bertz CT molecular complexity index is 596. The lowest BCUT2D eigenvalue weighted by molar-refractivity contribution is -0.0320. The van der Waals surface area contributed by atoms with Gasteiger partial charge in [0.25, 0.3) is 0 Å². The van der Waals surface area contributed by atoms with Crippen LogP contribution in [-0.2, 0) is 9.89 Å². The molecule has 0 amide bonds. The highest BCUT2D eigenvalue weighted by Gasteiger charge is 2.27. The van der Waals surface area contributed by atoms with Crippen LogP contribution in [-0.4, -0.2) is 43.5 Å². The molecule has 1 aliphatic rings. The molecule has 132 valence electrons. The lowest BCUT2D eigenvalue weighted by Crippen LogP contribution is -2.51. The summed E-state index contributed by atoms with van der Waals surface area (Å²) in [6.07, 6.45) is 0. The quantitative estimate of drug-likeness (QED) is 0.436. The van der Waals surface area contributed by atoms with Crippen molar-refractivity contribution in [2.75, 3.05) is 24.8 Å². The Morgan fingerprint density at radius 2 is 2.04 bits per heavy atom. The van der Waals surface area contributed by atoms with Gasteiger partial charge in [-0.3, -0.25) is 4.90 Å². The normalized spacial score (nSPS) is 22.2. The highest BCUT2D eigenvalue weighted by atomic mass is 31.1. The van der Waals surface area contributed by atoms with Crippen LogP contribution in [0.2, 0.25) is 0 Å². The van der Waals surface area contributed by atoms with E-state index in [1.807, 2.05) is 6.07 Å². The maximum Gasteiger partial charge on any atom is 0.160 e. The van der Waals surface area contributed by atoms with E-state index < -0.39 is 5.15 Å². The van der Waals surface area contributed by atoms with Gasteiger partial charge in [-0.05, 0) is 31.5 Å². The Morgan fingerprint density at radius 1 is 1.42 bits per heavy atom. The molecule has 1 aromatic rings. The molecule has 0 bridgehead atoms. The molecule has 1 heterocycles. The van der Waals surface area contributed by atoms with E-state index in [1.54, 1.807) is 23.2 Å². The van der Waals surface area contributed by atoms with Crippen LogP contribution in [0.1, 0.15) is 19.4 Å². The number of benzene rings is 1. The summed E-state index contributed by atoms with van der Waals surface area (Å²) in [5.41, 5.74) is 2.07. The van der Waals surface area contributed by atoms with E-state index in [9.17, 15) is 4.39 Å². The minimum atomic E-state index is -1.57. The molecular weight excluding hydrogens is 343 g/mol. The third kappa shape index (κ3) is 4.61. The topological polar surface area (TPSA) is 28.1 Å². The number of hydrogen-bond donors (Lipinski definition) is 0. The second-order valence-electron chi connectivity index (χ2n) is 6.25. The minimum Gasteiger partial charge on any atom is -0.378 e. The van der Waals surface area contributed by atoms with Gasteiger partial charge in [-0.2, -0.15) is 5.10 Å². The van der Waals surface area contributed by atoms with E-state index in [-0.39, 0.29) is 0 Å². The molecule has 0 aromatic heterocycles. The first-order valence-corrected chi connectivity index (χ1v) is 9.04. The first-order valence-electron chi connectivity index (χ1n) is 7.89. The number of hydrazone groups is 1. The zero-order valence-electron chi connectivity index (χ0n) is 14.3. The number of rotatable bonds is 6. The van der Waals surface area contributed by atoms with E-state index >= 15 is 0 Å². The predicted octanol–water partition coefficient (Wildman–Crippen LogP) is 3.56. The zero-order chi connectivity index (χ0) is 17.9. The second-order valence-corrected chi connectivity index (χ2v) is 8.59. The van der Waals surface area contributed by atoms with E-state index in [1.165, 1.54) is 0 Å². The Hall–Kier alpha value is -0.860. The molecule has 7 heteroatoms. The Labute approximate surface area is 148 Å². The van der Waals surface area contributed by atoms with Gasteiger partial charge in [-0.25, -0.2) is 9.40 Å². The van der Waals surface area contributed by atoms with Gasteiger partial charge in [0.15, 0.2) is 5.15 Å². The molecule has 0 N–H and O–H groups in total. The van der Waals surface area contributed by atoms with Crippen LogP contribution in [0.5, 0.6) is 0 Å². The van der Waals surface area contributed by atoms with Crippen molar-refractivity contribution in [1.29, 1.82) is 0 Å². The van der Waals surface area contributed by atoms with E-state index in [0.717, 1.165) is 11.4 Å².